The van der Waals surface area contributed by atoms with Gasteiger partial charge in [-0.15, -0.1) is 0 Å². The summed E-state index contributed by atoms with van der Waals surface area (Å²) in [7, 11) is -0.669. The standard InChI is InChI=1S/C15H25O2P/c1-3-12-16-18(17-13-4-2)14-8-11-15-9-6-5-7-10-15/h5-7,9-10H,3-4,8,11-14H2,1-2H3. The van der Waals surface area contributed by atoms with Crippen molar-refractivity contribution in [1.82, 2.24) is 0 Å². The first-order valence-electron chi connectivity index (χ1n) is 6.94. The Bertz CT molecular complexity index is 282. The predicted molar refractivity (Wildman–Crippen MR) is 79.0 cm³/mol. The molecule has 0 radical (unpaired) electrons. The summed E-state index contributed by atoms with van der Waals surface area (Å²) in [5, 5.41) is 0. The zero-order valence-electron chi connectivity index (χ0n) is 11.6. The molecule has 0 saturated heterocycles. The summed E-state index contributed by atoms with van der Waals surface area (Å²) in [6, 6.07) is 10.6. The van der Waals surface area contributed by atoms with Gasteiger partial charge in [0.2, 0.25) is 0 Å². The molecule has 0 atom stereocenters. The second kappa shape index (κ2) is 10.5. The van der Waals surface area contributed by atoms with E-state index in [0.717, 1.165) is 45.1 Å². The summed E-state index contributed by atoms with van der Waals surface area (Å²) in [6.07, 6.45) is 5.43. The van der Waals surface area contributed by atoms with E-state index in [1.165, 1.54) is 5.56 Å². The normalized spacial score (nSPS) is 11.1. The van der Waals surface area contributed by atoms with Gasteiger partial charge in [-0.3, -0.25) is 0 Å². The summed E-state index contributed by atoms with van der Waals surface area (Å²) >= 11 is 0. The van der Waals surface area contributed by atoms with Gasteiger partial charge in [0.25, 0.3) is 0 Å². The van der Waals surface area contributed by atoms with Crippen molar-refractivity contribution in [2.24, 2.45) is 0 Å². The van der Waals surface area contributed by atoms with E-state index < -0.39 is 8.38 Å². The van der Waals surface area contributed by atoms with Gasteiger partial charge in [0.15, 0.2) is 8.38 Å². The molecular weight excluding hydrogens is 243 g/mol. The molecule has 2 nitrogen and oxygen atoms in total. The highest BCUT2D eigenvalue weighted by Crippen LogP contribution is 2.39. The Labute approximate surface area is 113 Å². The zero-order valence-corrected chi connectivity index (χ0v) is 12.5. The van der Waals surface area contributed by atoms with Crippen LogP contribution in [0.1, 0.15) is 38.7 Å². The van der Waals surface area contributed by atoms with Gasteiger partial charge < -0.3 is 9.05 Å². The molecule has 0 N–H and O–H groups in total. The van der Waals surface area contributed by atoms with Crippen molar-refractivity contribution in [3.63, 3.8) is 0 Å². The van der Waals surface area contributed by atoms with Gasteiger partial charge in [-0.1, -0.05) is 44.2 Å². The molecular formula is C15H25O2P. The highest BCUT2D eigenvalue weighted by atomic mass is 31.2. The van der Waals surface area contributed by atoms with Gasteiger partial charge in [0.05, 0.1) is 13.2 Å². The largest absolute Gasteiger partial charge is 0.334 e. The van der Waals surface area contributed by atoms with E-state index in [0.29, 0.717) is 0 Å². The first-order chi connectivity index (χ1) is 8.86. The summed E-state index contributed by atoms with van der Waals surface area (Å²) in [6.45, 7) is 5.91. The third-order valence-corrected chi connectivity index (χ3v) is 4.15. The molecule has 0 amide bonds. The molecule has 1 aromatic carbocycles. The van der Waals surface area contributed by atoms with E-state index in [4.69, 9.17) is 9.05 Å². The maximum atomic E-state index is 5.77. The quantitative estimate of drug-likeness (QED) is 0.568. The number of benzene rings is 1. The van der Waals surface area contributed by atoms with Crippen molar-refractivity contribution in [3.05, 3.63) is 35.9 Å². The van der Waals surface area contributed by atoms with Crippen molar-refractivity contribution in [1.29, 1.82) is 0 Å². The topological polar surface area (TPSA) is 18.5 Å². The van der Waals surface area contributed by atoms with E-state index in [9.17, 15) is 0 Å². The van der Waals surface area contributed by atoms with Crippen molar-refractivity contribution >= 4 is 8.38 Å². The van der Waals surface area contributed by atoms with Gasteiger partial charge in [-0.05, 0) is 31.2 Å². The lowest BCUT2D eigenvalue weighted by molar-refractivity contribution is 0.249. The maximum Gasteiger partial charge on any atom is 0.170 e. The van der Waals surface area contributed by atoms with Crippen LogP contribution >= 0.6 is 8.38 Å². The van der Waals surface area contributed by atoms with Crippen molar-refractivity contribution in [3.8, 4) is 0 Å². The molecule has 1 rings (SSSR count). The van der Waals surface area contributed by atoms with Crippen LogP contribution in [0.3, 0.4) is 0 Å². The number of hydrogen-bond acceptors (Lipinski definition) is 2. The Kier molecular flexibility index (Phi) is 9.11. The Morgan fingerprint density at radius 3 is 2.11 bits per heavy atom. The van der Waals surface area contributed by atoms with Gasteiger partial charge in [-0.2, -0.15) is 0 Å². The van der Waals surface area contributed by atoms with Crippen LogP contribution in [-0.2, 0) is 15.5 Å². The third-order valence-electron chi connectivity index (χ3n) is 2.53. The van der Waals surface area contributed by atoms with E-state index in [-0.39, 0.29) is 0 Å². The fourth-order valence-electron chi connectivity index (χ4n) is 1.61. The summed E-state index contributed by atoms with van der Waals surface area (Å²) < 4.78 is 11.5. The minimum Gasteiger partial charge on any atom is -0.334 e. The molecule has 0 unspecified atom stereocenters. The lowest BCUT2D eigenvalue weighted by Gasteiger charge is -2.16. The van der Waals surface area contributed by atoms with Gasteiger partial charge >= 0.3 is 0 Å². The van der Waals surface area contributed by atoms with E-state index in [1.54, 1.807) is 0 Å². The van der Waals surface area contributed by atoms with Crippen LogP contribution in [0.5, 0.6) is 0 Å². The molecule has 1 aromatic rings. The Morgan fingerprint density at radius 2 is 1.56 bits per heavy atom. The fourth-order valence-corrected chi connectivity index (χ4v) is 3.13. The van der Waals surface area contributed by atoms with Crippen molar-refractivity contribution in [2.75, 3.05) is 19.4 Å². The minimum absolute atomic E-state index is 0.669. The van der Waals surface area contributed by atoms with Crippen LogP contribution in [0.25, 0.3) is 0 Å². The molecule has 0 bridgehead atoms. The molecule has 0 saturated carbocycles. The van der Waals surface area contributed by atoms with E-state index >= 15 is 0 Å². The molecule has 0 aliphatic heterocycles. The maximum absolute atomic E-state index is 5.77. The van der Waals surface area contributed by atoms with Crippen LogP contribution in [0.4, 0.5) is 0 Å². The molecule has 0 heterocycles. The number of aryl methyl sites for hydroxylation is 1. The van der Waals surface area contributed by atoms with E-state index in [1.807, 2.05) is 0 Å². The van der Waals surface area contributed by atoms with Crippen molar-refractivity contribution < 1.29 is 9.05 Å². The van der Waals surface area contributed by atoms with Gasteiger partial charge in [0.1, 0.15) is 0 Å². The summed E-state index contributed by atoms with van der Waals surface area (Å²) in [5.74, 6) is 0. The van der Waals surface area contributed by atoms with Gasteiger partial charge in [-0.25, -0.2) is 0 Å². The molecule has 102 valence electrons. The van der Waals surface area contributed by atoms with Crippen LogP contribution in [-0.4, -0.2) is 19.4 Å². The summed E-state index contributed by atoms with van der Waals surface area (Å²) in [5.41, 5.74) is 1.40. The van der Waals surface area contributed by atoms with Crippen LogP contribution in [0.15, 0.2) is 30.3 Å². The van der Waals surface area contributed by atoms with Crippen LogP contribution in [0.2, 0.25) is 0 Å². The smallest absolute Gasteiger partial charge is 0.170 e. The Morgan fingerprint density at radius 1 is 0.944 bits per heavy atom. The highest BCUT2D eigenvalue weighted by Gasteiger charge is 2.09. The third kappa shape index (κ3) is 7.10. The van der Waals surface area contributed by atoms with Crippen LogP contribution in [0, 0.1) is 0 Å². The molecule has 3 heteroatoms. The molecule has 0 aromatic heterocycles. The monoisotopic (exact) mass is 268 g/mol. The van der Waals surface area contributed by atoms with Crippen molar-refractivity contribution in [2.45, 2.75) is 39.5 Å². The lowest BCUT2D eigenvalue weighted by Crippen LogP contribution is -1.99. The highest BCUT2D eigenvalue weighted by molar-refractivity contribution is 7.47. The fraction of sp³-hybridized carbons (Fsp3) is 0.600. The molecule has 0 aliphatic carbocycles. The second-order valence-corrected chi connectivity index (χ2v) is 5.94. The van der Waals surface area contributed by atoms with Gasteiger partial charge in [0, 0.05) is 6.16 Å². The molecule has 0 fully saturated rings. The number of hydrogen-bond donors (Lipinski definition) is 0. The minimum atomic E-state index is -0.669. The van der Waals surface area contributed by atoms with E-state index in [2.05, 4.69) is 44.2 Å². The molecule has 18 heavy (non-hydrogen) atoms. The second-order valence-electron chi connectivity index (χ2n) is 4.31. The Balaban J connectivity index is 2.23. The Hall–Kier alpha value is -0.430. The average molecular weight is 268 g/mol. The molecule has 0 spiro atoms. The summed E-state index contributed by atoms with van der Waals surface area (Å²) in [4.78, 5) is 0. The average Bonchev–Trinajstić information content (AvgIpc) is 2.42. The predicted octanol–water partition coefficient (Wildman–Crippen LogP) is 4.78. The zero-order chi connectivity index (χ0) is 13.1. The number of rotatable bonds is 10. The molecule has 0 aliphatic rings. The SMILES string of the molecule is CCCOP(CCCc1ccccc1)OCCC. The first kappa shape index (κ1) is 15.6. The van der Waals surface area contributed by atoms with Crippen LogP contribution < -0.4 is 0 Å². The lowest BCUT2D eigenvalue weighted by atomic mass is 10.1. The first-order valence-corrected chi connectivity index (χ1v) is 8.30.